The summed E-state index contributed by atoms with van der Waals surface area (Å²) >= 11 is 0. The molecule has 2 aliphatic rings. The van der Waals surface area contributed by atoms with Gasteiger partial charge in [-0.25, -0.2) is 13.2 Å². The molecule has 3 heterocycles. The molecule has 2 aliphatic heterocycles. The van der Waals surface area contributed by atoms with Crippen molar-refractivity contribution in [1.29, 1.82) is 0 Å². The van der Waals surface area contributed by atoms with Gasteiger partial charge >= 0.3 is 5.97 Å². The molecule has 0 radical (unpaired) electrons. The lowest BCUT2D eigenvalue weighted by molar-refractivity contribution is -0.151. The Morgan fingerprint density at radius 1 is 1.00 bits per heavy atom. The Bertz CT molecular complexity index is 1350. The number of likely N-dealkylation sites (tertiary alicyclic amines) is 2. The third-order valence-corrected chi connectivity index (χ3v) is 8.15. The number of fused-ring (bicyclic) bond motifs is 1. The number of aromatic amines is 1. The second kappa shape index (κ2) is 11.7. The zero-order chi connectivity index (χ0) is 27.5. The number of carbonyl (C=O) groups is 2. The molecule has 5 rings (SSSR count). The van der Waals surface area contributed by atoms with E-state index in [1.54, 1.807) is 4.90 Å². The molecule has 1 amide bonds. The molecule has 2 aromatic carbocycles. The van der Waals surface area contributed by atoms with Gasteiger partial charge in [-0.2, -0.15) is 0 Å². The fourth-order valence-corrected chi connectivity index (χ4v) is 6.06. The molecular weight excluding hydrogens is 507 g/mol. The van der Waals surface area contributed by atoms with Crippen molar-refractivity contribution in [3.05, 3.63) is 77.2 Å². The fraction of sp³-hybridized carbons (Fsp3) is 0.400. The van der Waals surface area contributed by atoms with Gasteiger partial charge in [0.15, 0.2) is 17.5 Å². The van der Waals surface area contributed by atoms with E-state index in [9.17, 15) is 22.8 Å². The number of hydrogen-bond donors (Lipinski definition) is 1. The average Bonchev–Trinajstić information content (AvgIpc) is 3.39. The van der Waals surface area contributed by atoms with E-state index in [2.05, 4.69) is 34.3 Å². The Hall–Kier alpha value is -3.59. The first-order chi connectivity index (χ1) is 18.9. The zero-order valence-corrected chi connectivity index (χ0v) is 21.8. The smallest absolute Gasteiger partial charge is 0.323 e. The number of piperidine rings is 2. The number of esters is 1. The van der Waals surface area contributed by atoms with Crippen molar-refractivity contribution in [1.82, 2.24) is 14.8 Å². The van der Waals surface area contributed by atoms with E-state index in [1.807, 2.05) is 6.07 Å². The van der Waals surface area contributed by atoms with Crippen LogP contribution < -0.4 is 0 Å². The SMILES string of the molecule is COC(=O)C(C1CCN(C(=O)/C=C/c2cc(F)c(F)c(F)c2)CC1)N1CCC(c2c[nH]c3ccccc23)CC1. The Kier molecular flexibility index (Phi) is 8.07. The minimum Gasteiger partial charge on any atom is -0.468 e. The Morgan fingerprint density at radius 2 is 1.67 bits per heavy atom. The maximum absolute atomic E-state index is 13.5. The van der Waals surface area contributed by atoms with Crippen LogP contribution in [0.5, 0.6) is 0 Å². The molecular formula is C30H32F3N3O3. The zero-order valence-electron chi connectivity index (χ0n) is 21.8. The number of carbonyl (C=O) groups excluding carboxylic acids is 2. The monoisotopic (exact) mass is 539 g/mol. The van der Waals surface area contributed by atoms with E-state index < -0.39 is 17.5 Å². The Labute approximate surface area is 225 Å². The number of nitrogens with one attached hydrogen (secondary N) is 1. The molecule has 0 bridgehead atoms. The first-order valence-electron chi connectivity index (χ1n) is 13.3. The first kappa shape index (κ1) is 27.0. The normalized spacial score (nSPS) is 18.6. The summed E-state index contributed by atoms with van der Waals surface area (Å²) in [6, 6.07) is 9.62. The number of methoxy groups -OCH3 is 1. The van der Waals surface area contributed by atoms with E-state index in [0.29, 0.717) is 31.8 Å². The number of rotatable bonds is 6. The number of H-pyrrole nitrogens is 1. The van der Waals surface area contributed by atoms with Gasteiger partial charge in [0.1, 0.15) is 6.04 Å². The van der Waals surface area contributed by atoms with Gasteiger partial charge < -0.3 is 14.6 Å². The molecule has 1 atom stereocenters. The van der Waals surface area contributed by atoms with Crippen molar-refractivity contribution >= 4 is 28.9 Å². The van der Waals surface area contributed by atoms with Gasteiger partial charge in [0, 0.05) is 36.3 Å². The van der Waals surface area contributed by atoms with Crippen LogP contribution in [-0.2, 0) is 14.3 Å². The number of halogens is 3. The van der Waals surface area contributed by atoms with Crippen LogP contribution in [-0.4, -0.2) is 66.0 Å². The minimum absolute atomic E-state index is 0.0513. The third-order valence-electron chi connectivity index (χ3n) is 8.15. The molecule has 3 aromatic rings. The molecule has 9 heteroatoms. The van der Waals surface area contributed by atoms with E-state index in [1.165, 1.54) is 30.2 Å². The van der Waals surface area contributed by atoms with Crippen molar-refractivity contribution < 1.29 is 27.5 Å². The van der Waals surface area contributed by atoms with Gasteiger partial charge in [-0.05, 0) is 86.0 Å². The molecule has 206 valence electrons. The lowest BCUT2D eigenvalue weighted by Crippen LogP contribution is -2.52. The molecule has 0 spiro atoms. The van der Waals surface area contributed by atoms with Crippen molar-refractivity contribution in [2.24, 2.45) is 5.92 Å². The van der Waals surface area contributed by atoms with Crippen molar-refractivity contribution in [2.45, 2.75) is 37.6 Å². The standard InChI is InChI=1S/C30H32F3N3O3/c1-39-30(38)29(36-14-8-20(9-15-36)23-18-34-26-5-3-2-4-22(23)26)21-10-12-35(13-11-21)27(37)7-6-19-16-24(31)28(33)25(32)17-19/h2-7,16-18,20-21,29,34H,8-15H2,1H3/b7-6+. The van der Waals surface area contributed by atoms with Crippen LogP contribution in [0.4, 0.5) is 13.2 Å². The predicted octanol–water partition coefficient (Wildman–Crippen LogP) is 5.26. The second-order valence-corrected chi connectivity index (χ2v) is 10.4. The van der Waals surface area contributed by atoms with E-state index in [4.69, 9.17) is 4.74 Å². The van der Waals surface area contributed by atoms with Gasteiger partial charge in [-0.3, -0.25) is 14.5 Å². The molecule has 0 aliphatic carbocycles. The summed E-state index contributed by atoms with van der Waals surface area (Å²) in [7, 11) is 1.42. The number of ether oxygens (including phenoxy) is 1. The molecule has 6 nitrogen and oxygen atoms in total. The van der Waals surface area contributed by atoms with Gasteiger partial charge in [0.2, 0.25) is 5.91 Å². The van der Waals surface area contributed by atoms with Crippen LogP contribution in [0.1, 0.15) is 42.7 Å². The van der Waals surface area contributed by atoms with Crippen LogP contribution in [0, 0.1) is 23.4 Å². The lowest BCUT2D eigenvalue weighted by Gasteiger charge is -2.42. The van der Waals surface area contributed by atoms with Crippen molar-refractivity contribution in [3.8, 4) is 0 Å². The Balaban J connectivity index is 1.19. The average molecular weight is 540 g/mol. The van der Waals surface area contributed by atoms with Crippen LogP contribution in [0.15, 0.2) is 48.7 Å². The van der Waals surface area contributed by atoms with Gasteiger partial charge in [-0.1, -0.05) is 18.2 Å². The highest BCUT2D eigenvalue weighted by Gasteiger charge is 2.39. The maximum Gasteiger partial charge on any atom is 0.323 e. The summed E-state index contributed by atoms with van der Waals surface area (Å²) in [5.41, 5.74) is 2.53. The van der Waals surface area contributed by atoms with Crippen LogP contribution in [0.2, 0.25) is 0 Å². The number of hydrogen-bond acceptors (Lipinski definition) is 4. The lowest BCUT2D eigenvalue weighted by atomic mass is 9.84. The molecule has 1 N–H and O–H groups in total. The highest BCUT2D eigenvalue weighted by Crippen LogP contribution is 2.35. The molecule has 1 aromatic heterocycles. The highest BCUT2D eigenvalue weighted by atomic mass is 19.2. The van der Waals surface area contributed by atoms with Gasteiger partial charge in [-0.15, -0.1) is 0 Å². The van der Waals surface area contributed by atoms with Crippen molar-refractivity contribution in [3.63, 3.8) is 0 Å². The summed E-state index contributed by atoms with van der Waals surface area (Å²) in [4.78, 5) is 32.8. The molecule has 1 unspecified atom stereocenters. The van der Waals surface area contributed by atoms with E-state index in [-0.39, 0.29) is 29.4 Å². The summed E-state index contributed by atoms with van der Waals surface area (Å²) in [5.74, 6) is -4.22. The fourth-order valence-electron chi connectivity index (χ4n) is 6.06. The number of para-hydroxylation sites is 1. The second-order valence-electron chi connectivity index (χ2n) is 10.4. The predicted molar refractivity (Wildman–Crippen MR) is 142 cm³/mol. The minimum atomic E-state index is -1.54. The van der Waals surface area contributed by atoms with Crippen LogP contribution in [0.3, 0.4) is 0 Å². The summed E-state index contributed by atoms with van der Waals surface area (Å²) in [6.45, 7) is 2.49. The van der Waals surface area contributed by atoms with E-state index >= 15 is 0 Å². The topological polar surface area (TPSA) is 65.6 Å². The number of benzene rings is 2. The molecule has 2 fully saturated rings. The quantitative estimate of drug-likeness (QED) is 0.264. The van der Waals surface area contributed by atoms with Crippen molar-refractivity contribution in [2.75, 3.05) is 33.3 Å². The third kappa shape index (κ3) is 5.73. The maximum atomic E-state index is 13.5. The molecule has 2 saturated heterocycles. The van der Waals surface area contributed by atoms with Crippen LogP contribution in [0.25, 0.3) is 17.0 Å². The Morgan fingerprint density at radius 3 is 2.33 bits per heavy atom. The van der Waals surface area contributed by atoms with Gasteiger partial charge in [0.05, 0.1) is 7.11 Å². The number of amides is 1. The van der Waals surface area contributed by atoms with E-state index in [0.717, 1.165) is 43.6 Å². The number of aromatic nitrogens is 1. The highest BCUT2D eigenvalue weighted by molar-refractivity contribution is 5.92. The van der Waals surface area contributed by atoms with Crippen LogP contribution >= 0.6 is 0 Å². The molecule has 0 saturated carbocycles. The molecule has 39 heavy (non-hydrogen) atoms. The summed E-state index contributed by atoms with van der Waals surface area (Å²) in [5, 5.41) is 1.25. The number of nitrogens with zero attached hydrogens (tertiary/aromatic N) is 2. The summed E-state index contributed by atoms with van der Waals surface area (Å²) < 4.78 is 45.3. The largest absolute Gasteiger partial charge is 0.468 e. The first-order valence-corrected chi connectivity index (χ1v) is 13.3. The van der Waals surface area contributed by atoms with Gasteiger partial charge in [0.25, 0.3) is 0 Å². The summed E-state index contributed by atoms with van der Waals surface area (Å²) in [6.07, 6.45) is 7.79.